The monoisotopic (exact) mass is 329 g/mol. The molecule has 0 amide bonds. The van der Waals surface area contributed by atoms with Crippen LogP contribution >= 0.6 is 15.9 Å². The number of piperazine rings is 1. The molecule has 1 unspecified atom stereocenters. The second-order valence-electron chi connectivity index (χ2n) is 5.11. The zero-order chi connectivity index (χ0) is 14.0. The van der Waals surface area contributed by atoms with Crippen LogP contribution in [0, 0.1) is 5.82 Å². The van der Waals surface area contributed by atoms with Gasteiger partial charge in [0.05, 0.1) is 15.8 Å². The summed E-state index contributed by atoms with van der Waals surface area (Å²) < 4.78 is 13.9. The molecule has 106 valence electrons. The van der Waals surface area contributed by atoms with Gasteiger partial charge in [-0.1, -0.05) is 6.92 Å². The molecule has 1 atom stereocenters. The molecule has 2 N–H and O–H groups in total. The van der Waals surface area contributed by atoms with Crippen LogP contribution in [0.4, 0.5) is 15.8 Å². The van der Waals surface area contributed by atoms with Crippen molar-refractivity contribution in [1.29, 1.82) is 0 Å². The van der Waals surface area contributed by atoms with Crippen LogP contribution in [0.1, 0.15) is 20.3 Å². The van der Waals surface area contributed by atoms with Gasteiger partial charge in [0.25, 0.3) is 0 Å². The predicted octanol–water partition coefficient (Wildman–Crippen LogP) is 3.09. The molecule has 0 radical (unpaired) electrons. The number of rotatable bonds is 3. The predicted molar refractivity (Wildman–Crippen MR) is 82.1 cm³/mol. The van der Waals surface area contributed by atoms with Crippen molar-refractivity contribution in [3.05, 3.63) is 22.4 Å². The lowest BCUT2D eigenvalue weighted by molar-refractivity contribution is 0.193. The maximum Gasteiger partial charge on any atom is 0.139 e. The van der Waals surface area contributed by atoms with E-state index in [2.05, 4.69) is 39.6 Å². The van der Waals surface area contributed by atoms with Crippen molar-refractivity contribution in [1.82, 2.24) is 4.90 Å². The molecule has 0 aliphatic carbocycles. The highest BCUT2D eigenvalue weighted by atomic mass is 79.9. The van der Waals surface area contributed by atoms with Gasteiger partial charge in [-0.2, -0.15) is 0 Å². The Hall–Kier alpha value is -0.810. The van der Waals surface area contributed by atoms with E-state index in [0.29, 0.717) is 16.2 Å². The SMILES string of the molecule is CCC(C)N1CCN(c2cc(Br)c(F)cc2N)CC1. The van der Waals surface area contributed by atoms with Crippen LogP contribution in [0.25, 0.3) is 0 Å². The number of benzene rings is 1. The lowest BCUT2D eigenvalue weighted by Gasteiger charge is -2.39. The Morgan fingerprint density at radius 1 is 1.32 bits per heavy atom. The average Bonchev–Trinajstić information content (AvgIpc) is 2.42. The molecule has 1 aliphatic rings. The fourth-order valence-corrected chi connectivity index (χ4v) is 2.82. The van der Waals surface area contributed by atoms with Crippen LogP contribution in [-0.2, 0) is 0 Å². The van der Waals surface area contributed by atoms with Crippen LogP contribution < -0.4 is 10.6 Å². The Morgan fingerprint density at radius 3 is 2.53 bits per heavy atom. The molecule has 3 nitrogen and oxygen atoms in total. The zero-order valence-electron chi connectivity index (χ0n) is 11.5. The van der Waals surface area contributed by atoms with Crippen molar-refractivity contribution >= 4 is 27.3 Å². The van der Waals surface area contributed by atoms with E-state index >= 15 is 0 Å². The molecule has 0 spiro atoms. The molecule has 0 aromatic heterocycles. The lowest BCUT2D eigenvalue weighted by atomic mass is 10.1. The molecule has 1 aromatic carbocycles. The number of hydrogen-bond acceptors (Lipinski definition) is 3. The number of nitrogens with two attached hydrogens (primary N) is 1. The Morgan fingerprint density at radius 2 is 1.95 bits per heavy atom. The first kappa shape index (κ1) is 14.6. The summed E-state index contributed by atoms with van der Waals surface area (Å²) in [5.74, 6) is -0.306. The van der Waals surface area contributed by atoms with Crippen molar-refractivity contribution in [2.45, 2.75) is 26.3 Å². The number of anilines is 2. The molecule has 1 heterocycles. The average molecular weight is 330 g/mol. The second-order valence-corrected chi connectivity index (χ2v) is 5.96. The maximum absolute atomic E-state index is 13.4. The van der Waals surface area contributed by atoms with Crippen LogP contribution in [0.2, 0.25) is 0 Å². The highest BCUT2D eigenvalue weighted by Crippen LogP contribution is 2.30. The molecule has 1 aromatic rings. The van der Waals surface area contributed by atoms with Gasteiger partial charge in [0.2, 0.25) is 0 Å². The van der Waals surface area contributed by atoms with Gasteiger partial charge in [0, 0.05) is 38.3 Å². The van der Waals surface area contributed by atoms with E-state index in [1.807, 2.05) is 0 Å². The van der Waals surface area contributed by atoms with Gasteiger partial charge in [-0.05, 0) is 35.3 Å². The minimum absolute atomic E-state index is 0.306. The normalized spacial score (nSPS) is 18.6. The molecular weight excluding hydrogens is 309 g/mol. The van der Waals surface area contributed by atoms with Crippen LogP contribution in [0.15, 0.2) is 16.6 Å². The van der Waals surface area contributed by atoms with Gasteiger partial charge >= 0.3 is 0 Å². The maximum atomic E-state index is 13.4. The fourth-order valence-electron chi connectivity index (χ4n) is 2.49. The van der Waals surface area contributed by atoms with E-state index in [-0.39, 0.29) is 5.82 Å². The third-order valence-electron chi connectivity index (χ3n) is 3.94. The van der Waals surface area contributed by atoms with E-state index in [0.717, 1.165) is 31.9 Å². The summed E-state index contributed by atoms with van der Waals surface area (Å²) in [6, 6.07) is 3.80. The number of nitrogen functional groups attached to an aromatic ring is 1. The Bertz CT molecular complexity index is 445. The first-order valence-corrected chi connectivity index (χ1v) is 7.55. The summed E-state index contributed by atoms with van der Waals surface area (Å²) >= 11 is 3.23. The van der Waals surface area contributed by atoms with Gasteiger partial charge < -0.3 is 10.6 Å². The molecule has 1 saturated heterocycles. The van der Waals surface area contributed by atoms with Gasteiger partial charge in [0.15, 0.2) is 0 Å². The number of hydrogen-bond donors (Lipinski definition) is 1. The Balaban J connectivity index is 2.07. The topological polar surface area (TPSA) is 32.5 Å². The first-order chi connectivity index (χ1) is 9.02. The number of nitrogens with zero attached hydrogens (tertiary/aromatic N) is 2. The highest BCUT2D eigenvalue weighted by Gasteiger charge is 2.22. The summed E-state index contributed by atoms with van der Waals surface area (Å²) in [4.78, 5) is 4.73. The van der Waals surface area contributed by atoms with Gasteiger partial charge in [0.1, 0.15) is 5.82 Å². The van der Waals surface area contributed by atoms with Crippen molar-refractivity contribution in [2.24, 2.45) is 0 Å². The zero-order valence-corrected chi connectivity index (χ0v) is 13.1. The van der Waals surface area contributed by atoms with Gasteiger partial charge in [-0.15, -0.1) is 0 Å². The summed E-state index contributed by atoms with van der Waals surface area (Å²) in [5.41, 5.74) is 7.37. The van der Waals surface area contributed by atoms with Crippen molar-refractivity contribution in [3.63, 3.8) is 0 Å². The Labute approximate surface area is 122 Å². The van der Waals surface area contributed by atoms with E-state index in [9.17, 15) is 4.39 Å². The Kier molecular flexibility index (Phi) is 4.68. The van der Waals surface area contributed by atoms with Crippen LogP contribution in [0.5, 0.6) is 0 Å². The number of halogens is 2. The third-order valence-corrected chi connectivity index (χ3v) is 4.55. The van der Waals surface area contributed by atoms with E-state index in [1.54, 1.807) is 6.07 Å². The van der Waals surface area contributed by atoms with Crippen molar-refractivity contribution in [2.75, 3.05) is 36.8 Å². The standard InChI is InChI=1S/C14H21BrFN3/c1-3-10(2)18-4-6-19(7-5-18)14-8-11(15)12(16)9-13(14)17/h8-10H,3-7,17H2,1-2H3. The molecule has 0 saturated carbocycles. The highest BCUT2D eigenvalue weighted by molar-refractivity contribution is 9.10. The van der Waals surface area contributed by atoms with Crippen LogP contribution in [0.3, 0.4) is 0 Å². The smallest absolute Gasteiger partial charge is 0.139 e. The van der Waals surface area contributed by atoms with E-state index < -0.39 is 0 Å². The summed E-state index contributed by atoms with van der Waals surface area (Å²) in [5, 5.41) is 0. The van der Waals surface area contributed by atoms with Crippen molar-refractivity contribution in [3.8, 4) is 0 Å². The molecule has 1 aliphatic heterocycles. The van der Waals surface area contributed by atoms with Gasteiger partial charge in [-0.25, -0.2) is 4.39 Å². The molecule has 5 heteroatoms. The van der Waals surface area contributed by atoms with E-state index in [1.165, 1.54) is 12.5 Å². The molecule has 19 heavy (non-hydrogen) atoms. The molecular formula is C14H21BrFN3. The second kappa shape index (κ2) is 6.09. The van der Waals surface area contributed by atoms with Crippen LogP contribution in [-0.4, -0.2) is 37.1 Å². The molecule has 1 fully saturated rings. The quantitative estimate of drug-likeness (QED) is 0.865. The minimum atomic E-state index is -0.306. The van der Waals surface area contributed by atoms with Crippen molar-refractivity contribution < 1.29 is 4.39 Å². The first-order valence-electron chi connectivity index (χ1n) is 6.76. The summed E-state index contributed by atoms with van der Waals surface area (Å²) in [6.45, 7) is 8.41. The van der Waals surface area contributed by atoms with Gasteiger partial charge in [-0.3, -0.25) is 4.90 Å². The molecule has 2 rings (SSSR count). The largest absolute Gasteiger partial charge is 0.397 e. The third kappa shape index (κ3) is 3.20. The minimum Gasteiger partial charge on any atom is -0.397 e. The summed E-state index contributed by atoms with van der Waals surface area (Å²) in [7, 11) is 0. The molecule has 0 bridgehead atoms. The lowest BCUT2D eigenvalue weighted by Crippen LogP contribution is -2.49. The fraction of sp³-hybridized carbons (Fsp3) is 0.571. The van der Waals surface area contributed by atoms with E-state index in [4.69, 9.17) is 5.73 Å². The summed E-state index contributed by atoms with van der Waals surface area (Å²) in [6.07, 6.45) is 1.17.